The van der Waals surface area contributed by atoms with Gasteiger partial charge in [0.2, 0.25) is 0 Å². The summed E-state index contributed by atoms with van der Waals surface area (Å²) in [7, 11) is 0. The van der Waals surface area contributed by atoms with Gasteiger partial charge in [0.25, 0.3) is 0 Å². The van der Waals surface area contributed by atoms with Crippen molar-refractivity contribution in [3.8, 4) is 0 Å². The van der Waals surface area contributed by atoms with Crippen LogP contribution in [0.3, 0.4) is 0 Å². The third kappa shape index (κ3) is 8.57. The average molecular weight is 213 g/mol. The molecule has 0 unspecified atom stereocenters. The molecule has 0 aliphatic rings. The second-order valence-electron chi connectivity index (χ2n) is 1.88. The normalized spacial score (nSPS) is 10.0. The third-order valence-electron chi connectivity index (χ3n) is 1.00. The summed E-state index contributed by atoms with van der Waals surface area (Å²) in [6, 6.07) is 0. The molecule has 0 saturated heterocycles. The van der Waals surface area contributed by atoms with Crippen molar-refractivity contribution in [2.45, 2.75) is 13.3 Å². The number of thioether (sulfide) groups is 2. The lowest BCUT2D eigenvalue weighted by atomic mass is 10.6. The van der Waals surface area contributed by atoms with E-state index in [1.54, 1.807) is 11.8 Å². The first-order chi connectivity index (χ1) is 5.31. The summed E-state index contributed by atoms with van der Waals surface area (Å²) in [5, 5.41) is 0.288. The van der Waals surface area contributed by atoms with Crippen molar-refractivity contribution in [2.24, 2.45) is 0 Å². The number of rotatable bonds is 6. The molecule has 0 bridgehead atoms. The third-order valence-corrected chi connectivity index (χ3v) is 3.68. The summed E-state index contributed by atoms with van der Waals surface area (Å²) in [4.78, 5) is 10.8. The standard InChI is InChI=1S/C7H13ClOS2/c1-2-7(9)11-6-5-10-4-3-8/h2-6H2,1H3. The van der Waals surface area contributed by atoms with Crippen LogP contribution in [0.4, 0.5) is 0 Å². The minimum atomic E-state index is 0.288. The van der Waals surface area contributed by atoms with Crippen LogP contribution in [0, 0.1) is 0 Å². The minimum Gasteiger partial charge on any atom is -0.287 e. The monoisotopic (exact) mass is 212 g/mol. The molecule has 0 radical (unpaired) electrons. The maximum absolute atomic E-state index is 10.8. The molecule has 0 aliphatic heterocycles. The molecular formula is C7H13ClOS2. The number of hydrogen-bond acceptors (Lipinski definition) is 3. The molecule has 0 aromatic heterocycles. The van der Waals surface area contributed by atoms with Gasteiger partial charge in [-0.25, -0.2) is 0 Å². The van der Waals surface area contributed by atoms with E-state index in [2.05, 4.69) is 0 Å². The van der Waals surface area contributed by atoms with Crippen LogP contribution in [-0.4, -0.2) is 28.3 Å². The first-order valence-electron chi connectivity index (χ1n) is 3.60. The molecule has 0 N–H and O–H groups in total. The Bertz CT molecular complexity index is 109. The smallest absolute Gasteiger partial charge is 0.188 e. The molecule has 11 heavy (non-hydrogen) atoms. The number of hydrogen-bond donors (Lipinski definition) is 0. The van der Waals surface area contributed by atoms with Crippen LogP contribution in [0.1, 0.15) is 13.3 Å². The Morgan fingerprint density at radius 1 is 1.36 bits per heavy atom. The lowest BCUT2D eigenvalue weighted by Crippen LogP contribution is -1.93. The molecular weight excluding hydrogens is 200 g/mol. The summed E-state index contributed by atoms with van der Waals surface area (Å²) in [5.41, 5.74) is 0. The highest BCUT2D eigenvalue weighted by atomic mass is 35.5. The van der Waals surface area contributed by atoms with Crippen molar-refractivity contribution in [1.82, 2.24) is 0 Å². The fourth-order valence-corrected chi connectivity index (χ4v) is 2.35. The maximum atomic E-state index is 10.8. The van der Waals surface area contributed by atoms with Crippen LogP contribution in [0.2, 0.25) is 0 Å². The van der Waals surface area contributed by atoms with Crippen LogP contribution in [-0.2, 0) is 4.79 Å². The summed E-state index contributed by atoms with van der Waals surface area (Å²) in [6.07, 6.45) is 0.644. The summed E-state index contributed by atoms with van der Waals surface area (Å²) in [6.45, 7) is 1.89. The quantitative estimate of drug-likeness (QED) is 0.498. The Kier molecular flexibility index (Phi) is 9.28. The second-order valence-corrected chi connectivity index (χ2v) is 4.63. The molecule has 0 fully saturated rings. The van der Waals surface area contributed by atoms with Gasteiger partial charge in [0.15, 0.2) is 5.12 Å². The van der Waals surface area contributed by atoms with Gasteiger partial charge in [-0.1, -0.05) is 18.7 Å². The van der Waals surface area contributed by atoms with Gasteiger partial charge in [-0.15, -0.1) is 11.6 Å². The van der Waals surface area contributed by atoms with E-state index < -0.39 is 0 Å². The Labute approximate surface area is 81.6 Å². The van der Waals surface area contributed by atoms with Crippen molar-refractivity contribution in [1.29, 1.82) is 0 Å². The van der Waals surface area contributed by atoms with Crippen molar-refractivity contribution in [3.05, 3.63) is 0 Å². The zero-order valence-electron chi connectivity index (χ0n) is 6.64. The lowest BCUT2D eigenvalue weighted by Gasteiger charge is -1.97. The number of carbonyl (C=O) groups is 1. The molecule has 0 aromatic carbocycles. The first-order valence-corrected chi connectivity index (χ1v) is 6.28. The molecule has 1 nitrogen and oxygen atoms in total. The summed E-state index contributed by atoms with van der Waals surface area (Å²) >= 11 is 8.70. The van der Waals surface area contributed by atoms with E-state index in [1.165, 1.54) is 11.8 Å². The predicted molar refractivity (Wildman–Crippen MR) is 55.8 cm³/mol. The van der Waals surface area contributed by atoms with Gasteiger partial charge in [0, 0.05) is 29.6 Å². The zero-order chi connectivity index (χ0) is 8.53. The van der Waals surface area contributed by atoms with Gasteiger partial charge >= 0.3 is 0 Å². The van der Waals surface area contributed by atoms with Crippen LogP contribution in [0.15, 0.2) is 0 Å². The predicted octanol–water partition coefficient (Wildman–Crippen LogP) is 2.63. The van der Waals surface area contributed by atoms with Gasteiger partial charge in [-0.05, 0) is 0 Å². The highest BCUT2D eigenvalue weighted by molar-refractivity contribution is 8.14. The lowest BCUT2D eigenvalue weighted by molar-refractivity contribution is -0.110. The molecule has 0 rings (SSSR count). The molecule has 66 valence electrons. The Balaban J connectivity index is 2.95. The van der Waals surface area contributed by atoms with Gasteiger partial charge < -0.3 is 0 Å². The Morgan fingerprint density at radius 3 is 2.64 bits per heavy atom. The van der Waals surface area contributed by atoms with E-state index in [-0.39, 0.29) is 5.12 Å². The van der Waals surface area contributed by atoms with E-state index in [4.69, 9.17) is 11.6 Å². The van der Waals surface area contributed by atoms with E-state index in [9.17, 15) is 4.79 Å². The topological polar surface area (TPSA) is 17.1 Å². The molecule has 0 spiro atoms. The van der Waals surface area contributed by atoms with E-state index >= 15 is 0 Å². The highest BCUT2D eigenvalue weighted by Crippen LogP contribution is 2.09. The first kappa shape index (κ1) is 11.7. The van der Waals surface area contributed by atoms with Crippen LogP contribution < -0.4 is 0 Å². The van der Waals surface area contributed by atoms with Crippen LogP contribution in [0.5, 0.6) is 0 Å². The maximum Gasteiger partial charge on any atom is 0.188 e. The molecule has 0 saturated carbocycles. The molecule has 0 aliphatic carbocycles. The van der Waals surface area contributed by atoms with Crippen LogP contribution >= 0.6 is 35.1 Å². The zero-order valence-corrected chi connectivity index (χ0v) is 9.03. The molecule has 0 aromatic rings. The Morgan fingerprint density at radius 2 is 2.09 bits per heavy atom. The number of carbonyl (C=O) groups excluding carboxylic acids is 1. The molecule has 0 atom stereocenters. The van der Waals surface area contributed by atoms with E-state index in [0.29, 0.717) is 12.3 Å². The SMILES string of the molecule is CCC(=O)SCCSCCCl. The largest absolute Gasteiger partial charge is 0.287 e. The number of halogens is 1. The molecule has 0 amide bonds. The van der Waals surface area contributed by atoms with Gasteiger partial charge in [-0.3, -0.25) is 4.79 Å². The van der Waals surface area contributed by atoms with Gasteiger partial charge in [0.1, 0.15) is 0 Å². The van der Waals surface area contributed by atoms with Gasteiger partial charge in [-0.2, -0.15) is 11.8 Å². The average Bonchev–Trinajstić information content (AvgIpc) is 2.04. The molecule has 0 heterocycles. The Hall–Kier alpha value is 0.660. The summed E-state index contributed by atoms with van der Waals surface area (Å²) < 4.78 is 0. The number of alkyl halides is 1. The second kappa shape index (κ2) is 8.75. The van der Waals surface area contributed by atoms with Crippen LogP contribution in [0.25, 0.3) is 0 Å². The van der Waals surface area contributed by atoms with Crippen molar-refractivity contribution in [3.63, 3.8) is 0 Å². The fourth-order valence-electron chi connectivity index (χ4n) is 0.473. The molecule has 4 heteroatoms. The highest BCUT2D eigenvalue weighted by Gasteiger charge is 1.97. The fraction of sp³-hybridized carbons (Fsp3) is 0.857. The minimum absolute atomic E-state index is 0.288. The van der Waals surface area contributed by atoms with E-state index in [0.717, 1.165) is 17.3 Å². The van der Waals surface area contributed by atoms with Crippen molar-refractivity contribution in [2.75, 3.05) is 23.1 Å². The van der Waals surface area contributed by atoms with E-state index in [1.807, 2.05) is 6.92 Å². The van der Waals surface area contributed by atoms with Gasteiger partial charge in [0.05, 0.1) is 0 Å². The van der Waals surface area contributed by atoms with Crippen molar-refractivity contribution < 1.29 is 4.79 Å². The summed E-state index contributed by atoms with van der Waals surface area (Å²) in [5.74, 6) is 3.65. The van der Waals surface area contributed by atoms with Crippen molar-refractivity contribution >= 4 is 40.2 Å².